The molecule has 106 valence electrons. The van der Waals surface area contributed by atoms with Crippen LogP contribution >= 0.6 is 0 Å². The highest BCUT2D eigenvalue weighted by Gasteiger charge is 2.05. The molecule has 1 amide bonds. The lowest BCUT2D eigenvalue weighted by molar-refractivity contribution is -0.116. The van der Waals surface area contributed by atoms with Crippen LogP contribution in [0.25, 0.3) is 10.9 Å². The van der Waals surface area contributed by atoms with Crippen LogP contribution in [-0.4, -0.2) is 15.9 Å². The van der Waals surface area contributed by atoms with Gasteiger partial charge in [0.25, 0.3) is 0 Å². The van der Waals surface area contributed by atoms with Crippen molar-refractivity contribution in [2.45, 2.75) is 19.3 Å². The van der Waals surface area contributed by atoms with Gasteiger partial charge in [-0.15, -0.1) is 0 Å². The summed E-state index contributed by atoms with van der Waals surface area (Å²) in [5.41, 5.74) is 3.15. The number of fused-ring (bicyclic) bond motifs is 1. The number of aromatic nitrogens is 2. The molecule has 0 fully saturated rings. The molecule has 2 aromatic heterocycles. The van der Waals surface area contributed by atoms with E-state index in [0.717, 1.165) is 24.0 Å². The normalized spacial score (nSPS) is 10.7. The SMILES string of the molecule is O=C(CCCc1c[nH]c2ccccc12)Nc1cccnc1. The largest absolute Gasteiger partial charge is 0.361 e. The minimum atomic E-state index is 0.0304. The first-order valence-electron chi connectivity index (χ1n) is 7.08. The molecule has 1 aromatic carbocycles. The zero-order valence-corrected chi connectivity index (χ0v) is 11.7. The number of anilines is 1. The van der Waals surface area contributed by atoms with Crippen LogP contribution in [0.5, 0.6) is 0 Å². The van der Waals surface area contributed by atoms with Crippen molar-refractivity contribution in [1.29, 1.82) is 0 Å². The lowest BCUT2D eigenvalue weighted by Gasteiger charge is -2.04. The number of aromatic amines is 1. The van der Waals surface area contributed by atoms with Crippen LogP contribution in [0.3, 0.4) is 0 Å². The van der Waals surface area contributed by atoms with Crippen LogP contribution in [0.1, 0.15) is 18.4 Å². The summed E-state index contributed by atoms with van der Waals surface area (Å²) in [5.74, 6) is 0.0304. The summed E-state index contributed by atoms with van der Waals surface area (Å²) in [6.45, 7) is 0. The number of carbonyl (C=O) groups excluding carboxylic acids is 1. The number of amides is 1. The lowest BCUT2D eigenvalue weighted by atomic mass is 10.1. The van der Waals surface area contributed by atoms with Crippen molar-refractivity contribution in [3.63, 3.8) is 0 Å². The maximum Gasteiger partial charge on any atom is 0.224 e. The molecule has 0 saturated heterocycles. The monoisotopic (exact) mass is 279 g/mol. The predicted octanol–water partition coefficient (Wildman–Crippen LogP) is 3.52. The van der Waals surface area contributed by atoms with Crippen LogP contribution in [0, 0.1) is 0 Å². The first kappa shape index (κ1) is 13.4. The van der Waals surface area contributed by atoms with Crippen LogP contribution in [0.4, 0.5) is 5.69 Å². The Hall–Kier alpha value is -2.62. The summed E-state index contributed by atoms with van der Waals surface area (Å²) < 4.78 is 0. The molecule has 4 heteroatoms. The zero-order chi connectivity index (χ0) is 14.5. The topological polar surface area (TPSA) is 57.8 Å². The van der Waals surface area contributed by atoms with Gasteiger partial charge in [0.05, 0.1) is 11.9 Å². The van der Waals surface area contributed by atoms with Gasteiger partial charge in [-0.25, -0.2) is 0 Å². The number of nitrogens with zero attached hydrogens (tertiary/aromatic N) is 1. The number of hydrogen-bond donors (Lipinski definition) is 2. The molecule has 0 bridgehead atoms. The van der Waals surface area contributed by atoms with Crippen molar-refractivity contribution in [3.05, 3.63) is 60.6 Å². The molecule has 21 heavy (non-hydrogen) atoms. The second-order valence-corrected chi connectivity index (χ2v) is 5.00. The first-order chi connectivity index (χ1) is 10.3. The van der Waals surface area contributed by atoms with E-state index in [2.05, 4.69) is 27.4 Å². The van der Waals surface area contributed by atoms with Gasteiger partial charge in [0.15, 0.2) is 0 Å². The van der Waals surface area contributed by atoms with Crippen LogP contribution in [-0.2, 0) is 11.2 Å². The van der Waals surface area contributed by atoms with E-state index in [4.69, 9.17) is 0 Å². The quantitative estimate of drug-likeness (QED) is 0.750. The Bertz CT molecular complexity index is 734. The third-order valence-corrected chi connectivity index (χ3v) is 3.47. The second kappa shape index (κ2) is 6.22. The van der Waals surface area contributed by atoms with E-state index in [0.29, 0.717) is 6.42 Å². The molecule has 2 heterocycles. The van der Waals surface area contributed by atoms with Crippen molar-refractivity contribution in [3.8, 4) is 0 Å². The van der Waals surface area contributed by atoms with Crippen molar-refractivity contribution >= 4 is 22.5 Å². The first-order valence-corrected chi connectivity index (χ1v) is 7.08. The zero-order valence-electron chi connectivity index (χ0n) is 11.7. The van der Waals surface area contributed by atoms with Crippen molar-refractivity contribution < 1.29 is 4.79 Å². The molecule has 3 rings (SSSR count). The van der Waals surface area contributed by atoms with Crippen LogP contribution < -0.4 is 5.32 Å². The summed E-state index contributed by atoms with van der Waals surface area (Å²) in [4.78, 5) is 19.1. The Balaban J connectivity index is 1.53. The van der Waals surface area contributed by atoms with Gasteiger partial charge in [0, 0.05) is 29.7 Å². The number of H-pyrrole nitrogens is 1. The average Bonchev–Trinajstić information content (AvgIpc) is 2.92. The summed E-state index contributed by atoms with van der Waals surface area (Å²) in [7, 11) is 0. The van der Waals surface area contributed by atoms with E-state index in [1.807, 2.05) is 30.5 Å². The van der Waals surface area contributed by atoms with Gasteiger partial charge in [-0.3, -0.25) is 9.78 Å². The fraction of sp³-hybridized carbons (Fsp3) is 0.176. The van der Waals surface area contributed by atoms with E-state index in [1.165, 1.54) is 10.9 Å². The van der Waals surface area contributed by atoms with E-state index < -0.39 is 0 Å². The highest BCUT2D eigenvalue weighted by molar-refractivity contribution is 5.90. The molecule has 0 radical (unpaired) electrons. The van der Waals surface area contributed by atoms with Gasteiger partial charge in [0.2, 0.25) is 5.91 Å². The minimum absolute atomic E-state index is 0.0304. The standard InChI is InChI=1S/C17H17N3O/c21-17(20-14-6-4-10-18-12-14)9-3-5-13-11-19-16-8-2-1-7-15(13)16/h1-2,4,6-8,10-12,19H,3,5,9H2,(H,20,21). The van der Waals surface area contributed by atoms with E-state index >= 15 is 0 Å². The highest BCUT2D eigenvalue weighted by atomic mass is 16.1. The van der Waals surface area contributed by atoms with Gasteiger partial charge >= 0.3 is 0 Å². The Morgan fingerprint density at radius 2 is 2.10 bits per heavy atom. The molecule has 0 aliphatic heterocycles. The van der Waals surface area contributed by atoms with Gasteiger partial charge in [-0.2, -0.15) is 0 Å². The molecule has 0 atom stereocenters. The third kappa shape index (κ3) is 3.28. The van der Waals surface area contributed by atoms with Crippen LogP contribution in [0.2, 0.25) is 0 Å². The Labute approximate surface area is 123 Å². The molecule has 0 aliphatic rings. The molecule has 0 saturated carbocycles. The Kier molecular flexibility index (Phi) is 3.96. The summed E-state index contributed by atoms with van der Waals surface area (Å²) >= 11 is 0. The molecule has 0 aliphatic carbocycles. The Morgan fingerprint density at radius 1 is 1.19 bits per heavy atom. The third-order valence-electron chi connectivity index (χ3n) is 3.47. The second-order valence-electron chi connectivity index (χ2n) is 5.00. The number of hydrogen-bond acceptors (Lipinski definition) is 2. The summed E-state index contributed by atoms with van der Waals surface area (Å²) in [6.07, 6.45) is 7.60. The van der Waals surface area contributed by atoms with Gasteiger partial charge in [-0.1, -0.05) is 18.2 Å². The highest BCUT2D eigenvalue weighted by Crippen LogP contribution is 2.19. The van der Waals surface area contributed by atoms with E-state index in [-0.39, 0.29) is 5.91 Å². The average molecular weight is 279 g/mol. The number of rotatable bonds is 5. The van der Waals surface area contributed by atoms with Gasteiger partial charge < -0.3 is 10.3 Å². The smallest absolute Gasteiger partial charge is 0.224 e. The molecular weight excluding hydrogens is 262 g/mol. The van der Waals surface area contributed by atoms with Crippen LogP contribution in [0.15, 0.2) is 55.0 Å². The maximum atomic E-state index is 11.9. The predicted molar refractivity (Wildman–Crippen MR) is 84.1 cm³/mol. The molecule has 0 spiro atoms. The van der Waals surface area contributed by atoms with Gasteiger partial charge in [0.1, 0.15) is 0 Å². The Morgan fingerprint density at radius 3 is 2.95 bits per heavy atom. The van der Waals surface area contributed by atoms with E-state index in [9.17, 15) is 4.79 Å². The number of para-hydroxylation sites is 1. The van der Waals surface area contributed by atoms with Gasteiger partial charge in [-0.05, 0) is 36.6 Å². The molecular formula is C17H17N3O. The summed E-state index contributed by atoms with van der Waals surface area (Å²) in [6, 6.07) is 11.9. The lowest BCUT2D eigenvalue weighted by Crippen LogP contribution is -2.11. The molecule has 2 N–H and O–H groups in total. The minimum Gasteiger partial charge on any atom is -0.361 e. The fourth-order valence-corrected chi connectivity index (χ4v) is 2.44. The number of nitrogens with one attached hydrogen (secondary N) is 2. The number of aryl methyl sites for hydroxylation is 1. The van der Waals surface area contributed by atoms with E-state index in [1.54, 1.807) is 12.4 Å². The van der Waals surface area contributed by atoms with Crippen molar-refractivity contribution in [1.82, 2.24) is 9.97 Å². The molecule has 4 nitrogen and oxygen atoms in total. The van der Waals surface area contributed by atoms with Crippen molar-refractivity contribution in [2.75, 3.05) is 5.32 Å². The summed E-state index contributed by atoms with van der Waals surface area (Å²) in [5, 5.41) is 4.09. The number of carbonyl (C=O) groups is 1. The maximum absolute atomic E-state index is 11.9. The molecule has 3 aromatic rings. The molecule has 0 unspecified atom stereocenters. The number of benzene rings is 1. The fourth-order valence-electron chi connectivity index (χ4n) is 2.44. The number of pyridine rings is 1. The van der Waals surface area contributed by atoms with Crippen molar-refractivity contribution in [2.24, 2.45) is 0 Å².